The Morgan fingerprint density at radius 2 is 1.82 bits per heavy atom. The van der Waals surface area contributed by atoms with Gasteiger partial charge in [0.15, 0.2) is 8.24 Å². The summed E-state index contributed by atoms with van der Waals surface area (Å²) in [6, 6.07) is 10.6. The third kappa shape index (κ3) is 2.51. The lowest BCUT2D eigenvalue weighted by molar-refractivity contribution is 0.872. The fourth-order valence-electron chi connectivity index (χ4n) is 3.16. The van der Waals surface area contributed by atoms with Crippen LogP contribution in [-0.4, -0.2) is 22.3 Å². The lowest BCUT2D eigenvalue weighted by Crippen LogP contribution is -2.44. The Balaban J connectivity index is 2.02. The molecule has 1 aromatic rings. The molecule has 2 nitrogen and oxygen atoms in total. The third-order valence-electron chi connectivity index (χ3n) is 4.78. The van der Waals surface area contributed by atoms with Crippen molar-refractivity contribution in [2.75, 3.05) is 19.0 Å². The number of allylic oxidation sites excluding steroid dienone is 6. The SMILES string of the molecule is CN[Si](C)(C)C1=C2C=CC=CC2C(N(C)c2ccccc2)=C1. The first kappa shape index (κ1) is 15.1. The molecule has 0 fully saturated rings. The van der Waals surface area contributed by atoms with Crippen LogP contribution in [0.1, 0.15) is 0 Å². The van der Waals surface area contributed by atoms with Gasteiger partial charge in [0.25, 0.3) is 0 Å². The zero-order chi connectivity index (χ0) is 15.7. The van der Waals surface area contributed by atoms with Crippen LogP contribution in [0.15, 0.2) is 77.2 Å². The highest BCUT2D eigenvalue weighted by Crippen LogP contribution is 2.41. The summed E-state index contributed by atoms with van der Waals surface area (Å²) in [4.78, 5) is 5.90. The van der Waals surface area contributed by atoms with Crippen LogP contribution < -0.4 is 9.88 Å². The van der Waals surface area contributed by atoms with Gasteiger partial charge in [0.05, 0.1) is 0 Å². The van der Waals surface area contributed by atoms with Crippen LogP contribution in [0.3, 0.4) is 0 Å². The van der Waals surface area contributed by atoms with E-state index in [0.29, 0.717) is 5.92 Å². The molecule has 0 aliphatic heterocycles. The van der Waals surface area contributed by atoms with E-state index in [-0.39, 0.29) is 0 Å². The van der Waals surface area contributed by atoms with Gasteiger partial charge in [-0.05, 0) is 36.0 Å². The number of anilines is 1. The Morgan fingerprint density at radius 1 is 1.09 bits per heavy atom. The molecule has 0 heterocycles. The minimum atomic E-state index is -1.60. The van der Waals surface area contributed by atoms with E-state index in [1.165, 1.54) is 22.2 Å². The zero-order valence-electron chi connectivity index (χ0n) is 13.8. The molecule has 2 aliphatic rings. The van der Waals surface area contributed by atoms with E-state index in [2.05, 4.69) is 97.8 Å². The molecular weight excluding hydrogens is 284 g/mol. The van der Waals surface area contributed by atoms with Gasteiger partial charge in [0.2, 0.25) is 0 Å². The van der Waals surface area contributed by atoms with E-state index in [9.17, 15) is 0 Å². The molecule has 3 heteroatoms. The van der Waals surface area contributed by atoms with Crippen LogP contribution in [0.25, 0.3) is 0 Å². The van der Waals surface area contributed by atoms with E-state index < -0.39 is 8.24 Å². The molecule has 0 amide bonds. The fraction of sp³-hybridized carbons (Fsp3) is 0.263. The summed E-state index contributed by atoms with van der Waals surface area (Å²) in [5.74, 6) is 0.380. The maximum Gasteiger partial charge on any atom is 0.151 e. The van der Waals surface area contributed by atoms with Crippen molar-refractivity contribution < 1.29 is 0 Å². The summed E-state index contributed by atoms with van der Waals surface area (Å²) in [6.45, 7) is 4.75. The number of para-hydroxylation sites is 1. The lowest BCUT2D eigenvalue weighted by atomic mass is 9.95. The van der Waals surface area contributed by atoms with Gasteiger partial charge in [0, 0.05) is 24.4 Å². The largest absolute Gasteiger partial charge is 0.347 e. The molecule has 0 spiro atoms. The van der Waals surface area contributed by atoms with E-state index in [4.69, 9.17) is 0 Å². The first-order valence-electron chi connectivity index (χ1n) is 7.83. The zero-order valence-corrected chi connectivity index (χ0v) is 14.8. The van der Waals surface area contributed by atoms with Gasteiger partial charge >= 0.3 is 0 Å². The first-order chi connectivity index (χ1) is 10.5. The fourth-order valence-corrected chi connectivity index (χ4v) is 4.90. The van der Waals surface area contributed by atoms with Gasteiger partial charge < -0.3 is 9.88 Å². The van der Waals surface area contributed by atoms with Crippen LogP contribution in [-0.2, 0) is 0 Å². The van der Waals surface area contributed by atoms with Gasteiger partial charge in [-0.25, -0.2) is 0 Å². The average Bonchev–Trinajstić information content (AvgIpc) is 2.95. The third-order valence-corrected chi connectivity index (χ3v) is 7.81. The molecule has 1 atom stereocenters. The monoisotopic (exact) mass is 308 g/mol. The number of fused-ring (bicyclic) bond motifs is 1. The number of rotatable bonds is 4. The topological polar surface area (TPSA) is 15.3 Å². The number of benzene rings is 1. The number of nitrogens with zero attached hydrogens (tertiary/aromatic N) is 1. The van der Waals surface area contributed by atoms with Gasteiger partial charge in [-0.3, -0.25) is 0 Å². The molecule has 114 valence electrons. The molecule has 2 aliphatic carbocycles. The predicted octanol–water partition coefficient (Wildman–Crippen LogP) is 4.02. The summed E-state index contributed by atoms with van der Waals surface area (Å²) in [5, 5.41) is 1.51. The predicted molar refractivity (Wildman–Crippen MR) is 98.3 cm³/mol. The summed E-state index contributed by atoms with van der Waals surface area (Å²) in [7, 11) is 2.66. The standard InChI is InChI=1S/C19H24N2Si/c1-20-22(3,4)19-14-18(16-12-8-9-13-17(16)19)21(2)15-10-6-5-7-11-15/h5-14,16,20H,1-4H3. The molecule has 0 bridgehead atoms. The minimum absolute atomic E-state index is 0.380. The second kappa shape index (κ2) is 5.74. The maximum absolute atomic E-state index is 3.58. The molecule has 1 N–H and O–H groups in total. The van der Waals surface area contributed by atoms with Crippen molar-refractivity contribution in [3.05, 3.63) is 77.2 Å². The van der Waals surface area contributed by atoms with Crippen molar-refractivity contribution >= 4 is 13.9 Å². The summed E-state index contributed by atoms with van der Waals surface area (Å²) in [6.07, 6.45) is 11.3. The van der Waals surface area contributed by atoms with Crippen LogP contribution in [0.2, 0.25) is 13.1 Å². The molecule has 1 aromatic carbocycles. The highest BCUT2D eigenvalue weighted by Gasteiger charge is 2.35. The van der Waals surface area contributed by atoms with Crippen LogP contribution in [0.4, 0.5) is 5.69 Å². The normalized spacial score (nSPS) is 20.2. The van der Waals surface area contributed by atoms with Crippen molar-refractivity contribution in [3.63, 3.8) is 0 Å². The number of hydrogen-bond donors (Lipinski definition) is 1. The number of nitrogens with one attached hydrogen (secondary N) is 1. The lowest BCUT2D eigenvalue weighted by Gasteiger charge is -2.27. The highest BCUT2D eigenvalue weighted by atomic mass is 28.3. The molecule has 1 unspecified atom stereocenters. The smallest absolute Gasteiger partial charge is 0.151 e. The molecule has 3 rings (SSSR count). The van der Waals surface area contributed by atoms with Crippen molar-refractivity contribution in [2.24, 2.45) is 5.92 Å². The van der Waals surface area contributed by atoms with Crippen molar-refractivity contribution in [1.29, 1.82) is 0 Å². The Labute approximate surface area is 134 Å². The average molecular weight is 309 g/mol. The highest BCUT2D eigenvalue weighted by molar-refractivity contribution is 6.82. The second-order valence-electron chi connectivity index (χ2n) is 6.43. The summed E-state index contributed by atoms with van der Waals surface area (Å²) < 4.78 is 0. The van der Waals surface area contributed by atoms with Gasteiger partial charge in [-0.15, -0.1) is 0 Å². The van der Waals surface area contributed by atoms with Crippen LogP contribution >= 0.6 is 0 Å². The van der Waals surface area contributed by atoms with E-state index in [1.54, 1.807) is 0 Å². The molecule has 0 aromatic heterocycles. The van der Waals surface area contributed by atoms with Crippen molar-refractivity contribution in [3.8, 4) is 0 Å². The first-order valence-corrected chi connectivity index (χ1v) is 10.8. The van der Waals surface area contributed by atoms with Crippen LogP contribution in [0.5, 0.6) is 0 Å². The quantitative estimate of drug-likeness (QED) is 0.845. The van der Waals surface area contributed by atoms with Crippen molar-refractivity contribution in [2.45, 2.75) is 13.1 Å². The molecule has 0 saturated heterocycles. The van der Waals surface area contributed by atoms with Crippen LogP contribution in [0, 0.1) is 5.92 Å². The minimum Gasteiger partial charge on any atom is -0.347 e. The Kier molecular flexibility index (Phi) is 3.93. The molecule has 0 saturated carbocycles. The Hall–Kier alpha value is -1.84. The second-order valence-corrected chi connectivity index (χ2v) is 10.7. The molecule has 22 heavy (non-hydrogen) atoms. The number of hydrogen-bond acceptors (Lipinski definition) is 2. The maximum atomic E-state index is 3.58. The van der Waals surface area contributed by atoms with Crippen molar-refractivity contribution in [1.82, 2.24) is 4.98 Å². The molecule has 0 radical (unpaired) electrons. The van der Waals surface area contributed by atoms with Gasteiger partial charge in [0.1, 0.15) is 0 Å². The Morgan fingerprint density at radius 3 is 2.50 bits per heavy atom. The summed E-state index contributed by atoms with van der Waals surface area (Å²) in [5.41, 5.74) is 4.07. The Bertz CT molecular complexity index is 681. The van der Waals surface area contributed by atoms with E-state index in [0.717, 1.165) is 0 Å². The molecular formula is C19H24N2Si. The summed E-state index contributed by atoms with van der Waals surface area (Å²) >= 11 is 0. The van der Waals surface area contributed by atoms with E-state index in [1.807, 2.05) is 0 Å². The van der Waals surface area contributed by atoms with Gasteiger partial charge in [-0.1, -0.05) is 55.6 Å². The van der Waals surface area contributed by atoms with E-state index >= 15 is 0 Å². The van der Waals surface area contributed by atoms with Gasteiger partial charge in [-0.2, -0.15) is 0 Å².